The Balaban J connectivity index is 1.49. The van der Waals surface area contributed by atoms with Crippen molar-refractivity contribution >= 4 is 28.9 Å². The van der Waals surface area contributed by atoms with E-state index < -0.39 is 23.6 Å². The lowest BCUT2D eigenvalue weighted by atomic mass is 10.1. The Kier molecular flexibility index (Phi) is 4.84. The molecule has 0 atom stereocenters. The van der Waals surface area contributed by atoms with E-state index in [-0.39, 0.29) is 24.2 Å². The van der Waals surface area contributed by atoms with E-state index in [2.05, 4.69) is 9.97 Å². The van der Waals surface area contributed by atoms with Crippen LogP contribution in [0.25, 0.3) is 11.0 Å². The molecule has 156 valence electrons. The van der Waals surface area contributed by atoms with Crippen LogP contribution in [0.2, 0.25) is 0 Å². The smallest absolute Gasteiger partial charge is 0.417 e. The second kappa shape index (κ2) is 7.36. The molecular weight excluding hydrogens is 401 g/mol. The van der Waals surface area contributed by atoms with Gasteiger partial charge < -0.3 is 19.9 Å². The first-order valence-corrected chi connectivity index (χ1v) is 9.17. The molecule has 30 heavy (non-hydrogen) atoms. The van der Waals surface area contributed by atoms with Gasteiger partial charge >= 0.3 is 12.1 Å². The van der Waals surface area contributed by atoms with E-state index in [1.807, 2.05) is 4.90 Å². The largest absolute Gasteiger partial charge is 0.478 e. The zero-order valence-electron chi connectivity index (χ0n) is 15.6. The van der Waals surface area contributed by atoms with E-state index in [4.69, 9.17) is 5.11 Å². The molecule has 2 N–H and O–H groups in total. The molecule has 0 spiro atoms. The molecule has 10 heteroatoms. The lowest BCUT2D eigenvalue weighted by Crippen LogP contribution is -2.49. The van der Waals surface area contributed by atoms with Crippen molar-refractivity contribution in [3.8, 4) is 0 Å². The molecule has 0 aliphatic carbocycles. The minimum Gasteiger partial charge on any atom is -0.478 e. The fourth-order valence-corrected chi connectivity index (χ4v) is 3.49. The van der Waals surface area contributed by atoms with Crippen LogP contribution in [0.1, 0.15) is 26.3 Å². The molecule has 0 unspecified atom stereocenters. The molecule has 1 saturated heterocycles. The third-order valence-electron chi connectivity index (χ3n) is 5.05. The maximum absolute atomic E-state index is 13.2. The van der Waals surface area contributed by atoms with Crippen molar-refractivity contribution in [1.29, 1.82) is 0 Å². The standard InChI is InChI=1S/C20H17F3N4O3/c21-20(22,23)14-4-2-1-3-13(14)17(28)26-7-9-27(10-8-26)19-24-15-6-5-12(18(29)30)11-16(15)25-19/h1-6,11H,7-10H2,(H,24,25)(H,29,30). The van der Waals surface area contributed by atoms with Crippen molar-refractivity contribution in [2.24, 2.45) is 0 Å². The summed E-state index contributed by atoms with van der Waals surface area (Å²) in [7, 11) is 0. The number of halogens is 3. The van der Waals surface area contributed by atoms with Crippen LogP contribution in [0.15, 0.2) is 42.5 Å². The van der Waals surface area contributed by atoms with Gasteiger partial charge in [0, 0.05) is 26.2 Å². The molecule has 1 aliphatic rings. The van der Waals surface area contributed by atoms with Crippen LogP contribution in [0.3, 0.4) is 0 Å². The highest BCUT2D eigenvalue weighted by atomic mass is 19.4. The monoisotopic (exact) mass is 418 g/mol. The Morgan fingerprint density at radius 3 is 2.40 bits per heavy atom. The molecule has 4 rings (SSSR count). The number of rotatable bonds is 3. The van der Waals surface area contributed by atoms with Gasteiger partial charge in [-0.2, -0.15) is 13.2 Å². The van der Waals surface area contributed by atoms with E-state index in [1.165, 1.54) is 35.2 Å². The average Bonchev–Trinajstić information content (AvgIpc) is 3.16. The molecule has 2 heterocycles. The highest BCUT2D eigenvalue weighted by molar-refractivity contribution is 5.96. The lowest BCUT2D eigenvalue weighted by molar-refractivity contribution is -0.138. The maximum Gasteiger partial charge on any atom is 0.417 e. The predicted octanol–water partition coefficient (Wildman–Crippen LogP) is 3.24. The number of nitrogens with zero attached hydrogens (tertiary/aromatic N) is 3. The molecule has 1 amide bonds. The number of hydrogen-bond acceptors (Lipinski definition) is 4. The number of imidazole rings is 1. The van der Waals surface area contributed by atoms with Crippen molar-refractivity contribution in [1.82, 2.24) is 14.9 Å². The van der Waals surface area contributed by atoms with Gasteiger partial charge in [-0.3, -0.25) is 4.79 Å². The fraction of sp³-hybridized carbons (Fsp3) is 0.250. The first-order chi connectivity index (χ1) is 14.2. The number of amides is 1. The number of aromatic nitrogens is 2. The normalized spacial score (nSPS) is 14.9. The van der Waals surface area contributed by atoms with E-state index in [9.17, 15) is 22.8 Å². The number of carboxylic acid groups (broad SMARTS) is 1. The van der Waals surface area contributed by atoms with Crippen molar-refractivity contribution in [2.75, 3.05) is 31.1 Å². The molecule has 1 aromatic heterocycles. The van der Waals surface area contributed by atoms with Crippen molar-refractivity contribution in [3.63, 3.8) is 0 Å². The van der Waals surface area contributed by atoms with Gasteiger partial charge in [0.15, 0.2) is 0 Å². The summed E-state index contributed by atoms with van der Waals surface area (Å²) in [5, 5.41) is 9.09. The number of alkyl halides is 3. The summed E-state index contributed by atoms with van der Waals surface area (Å²) in [5.74, 6) is -1.17. The summed E-state index contributed by atoms with van der Waals surface area (Å²) in [5.41, 5.74) is 0.0129. The minimum atomic E-state index is -4.60. The number of aromatic carboxylic acids is 1. The highest BCUT2D eigenvalue weighted by Gasteiger charge is 2.36. The summed E-state index contributed by atoms with van der Waals surface area (Å²) in [6.07, 6.45) is -4.60. The molecule has 2 aromatic carbocycles. The molecule has 7 nitrogen and oxygen atoms in total. The Morgan fingerprint density at radius 1 is 1.03 bits per heavy atom. The third-order valence-corrected chi connectivity index (χ3v) is 5.05. The van der Waals surface area contributed by atoms with E-state index >= 15 is 0 Å². The Hall–Kier alpha value is -3.56. The molecule has 0 bridgehead atoms. The highest BCUT2D eigenvalue weighted by Crippen LogP contribution is 2.32. The SMILES string of the molecule is O=C(O)c1ccc2nc(N3CCN(C(=O)c4ccccc4C(F)(F)F)CC3)[nH]c2c1. The number of piperazine rings is 1. The maximum atomic E-state index is 13.2. The van der Waals surface area contributed by atoms with E-state index in [0.29, 0.717) is 30.1 Å². The second-order valence-electron chi connectivity index (χ2n) is 6.92. The fourth-order valence-electron chi connectivity index (χ4n) is 3.49. The second-order valence-corrected chi connectivity index (χ2v) is 6.92. The van der Waals surface area contributed by atoms with Crippen LogP contribution in [-0.2, 0) is 6.18 Å². The lowest BCUT2D eigenvalue weighted by Gasteiger charge is -2.35. The van der Waals surface area contributed by atoms with Crippen LogP contribution in [0.5, 0.6) is 0 Å². The van der Waals surface area contributed by atoms with Crippen LogP contribution >= 0.6 is 0 Å². The predicted molar refractivity (Wildman–Crippen MR) is 103 cm³/mol. The van der Waals surface area contributed by atoms with Gasteiger partial charge in [0.05, 0.1) is 27.7 Å². The Labute approximate surface area is 168 Å². The van der Waals surface area contributed by atoms with Gasteiger partial charge in [0.2, 0.25) is 5.95 Å². The summed E-state index contributed by atoms with van der Waals surface area (Å²) >= 11 is 0. The first kappa shape index (κ1) is 19.7. The zero-order chi connectivity index (χ0) is 21.5. The number of anilines is 1. The Morgan fingerprint density at radius 2 is 1.73 bits per heavy atom. The van der Waals surface area contributed by atoms with Gasteiger partial charge in [-0.25, -0.2) is 9.78 Å². The van der Waals surface area contributed by atoms with Gasteiger partial charge in [0.1, 0.15) is 0 Å². The summed E-state index contributed by atoms with van der Waals surface area (Å²) in [6.45, 7) is 1.24. The number of H-pyrrole nitrogens is 1. The molecular formula is C20H17F3N4O3. The number of fused-ring (bicyclic) bond motifs is 1. The van der Waals surface area contributed by atoms with Crippen LogP contribution in [-0.4, -0.2) is 58.0 Å². The van der Waals surface area contributed by atoms with Gasteiger partial charge in [-0.05, 0) is 30.3 Å². The van der Waals surface area contributed by atoms with Gasteiger partial charge in [0.25, 0.3) is 5.91 Å². The van der Waals surface area contributed by atoms with E-state index in [0.717, 1.165) is 6.07 Å². The van der Waals surface area contributed by atoms with E-state index in [1.54, 1.807) is 6.07 Å². The van der Waals surface area contributed by atoms with Crippen LogP contribution < -0.4 is 4.90 Å². The summed E-state index contributed by atoms with van der Waals surface area (Å²) in [6, 6.07) is 9.33. The first-order valence-electron chi connectivity index (χ1n) is 9.17. The number of nitrogens with one attached hydrogen (secondary N) is 1. The summed E-state index contributed by atoms with van der Waals surface area (Å²) < 4.78 is 39.6. The third kappa shape index (κ3) is 3.68. The van der Waals surface area contributed by atoms with Gasteiger partial charge in [-0.1, -0.05) is 12.1 Å². The minimum absolute atomic E-state index is 0.136. The number of carboxylic acids is 1. The number of carbonyl (C=O) groups excluding carboxylic acids is 1. The Bertz CT molecular complexity index is 1120. The average molecular weight is 418 g/mol. The zero-order valence-corrected chi connectivity index (χ0v) is 15.6. The van der Waals surface area contributed by atoms with Gasteiger partial charge in [-0.15, -0.1) is 0 Å². The quantitative estimate of drug-likeness (QED) is 0.682. The van der Waals surface area contributed by atoms with Crippen molar-refractivity contribution < 1.29 is 27.9 Å². The summed E-state index contributed by atoms with van der Waals surface area (Å²) in [4.78, 5) is 34.6. The number of carbonyl (C=O) groups is 2. The molecule has 1 fully saturated rings. The van der Waals surface area contributed by atoms with Crippen molar-refractivity contribution in [2.45, 2.75) is 6.18 Å². The number of hydrogen-bond donors (Lipinski definition) is 2. The molecule has 1 aliphatic heterocycles. The van der Waals surface area contributed by atoms with Crippen LogP contribution in [0.4, 0.5) is 19.1 Å². The topological polar surface area (TPSA) is 89.5 Å². The number of aromatic amines is 1. The molecule has 3 aromatic rings. The number of benzene rings is 2. The van der Waals surface area contributed by atoms with Crippen molar-refractivity contribution in [3.05, 3.63) is 59.2 Å². The van der Waals surface area contributed by atoms with Crippen LogP contribution in [0, 0.1) is 0 Å². The molecule has 0 saturated carbocycles. The molecule has 0 radical (unpaired) electrons.